The van der Waals surface area contributed by atoms with E-state index >= 15 is 0 Å². The lowest BCUT2D eigenvalue weighted by Crippen LogP contribution is -2.34. The Balaban J connectivity index is 1.69. The first kappa shape index (κ1) is 21.2. The summed E-state index contributed by atoms with van der Waals surface area (Å²) in [4.78, 5) is 25.6. The number of Topliss-reactive ketones (excluding diaryl/α,β-unsaturated/α-hetero) is 1. The molecule has 0 N–H and O–H groups in total. The molecule has 0 aromatic heterocycles. The third-order valence-corrected chi connectivity index (χ3v) is 5.74. The van der Waals surface area contributed by atoms with Crippen molar-refractivity contribution < 1.29 is 23.1 Å². The Labute approximate surface area is 170 Å². The van der Waals surface area contributed by atoms with Gasteiger partial charge in [-0.2, -0.15) is 0 Å². The number of halogens is 2. The lowest BCUT2D eigenvalue weighted by Gasteiger charge is -2.29. The highest BCUT2D eigenvalue weighted by molar-refractivity contribution is 6.00. The van der Waals surface area contributed by atoms with Crippen molar-refractivity contribution in [3.8, 4) is 0 Å². The molecule has 1 saturated carbocycles. The molecule has 1 aliphatic carbocycles. The summed E-state index contributed by atoms with van der Waals surface area (Å²) in [6.45, 7) is 1.85. The van der Waals surface area contributed by atoms with Crippen LogP contribution in [0.4, 0.5) is 8.78 Å². The van der Waals surface area contributed by atoms with Gasteiger partial charge in [-0.3, -0.25) is 9.59 Å². The average molecular weight is 400 g/mol. The Morgan fingerprint density at radius 1 is 1.00 bits per heavy atom. The molecule has 0 spiro atoms. The van der Waals surface area contributed by atoms with Gasteiger partial charge in [0.25, 0.3) is 0 Å². The van der Waals surface area contributed by atoms with Crippen LogP contribution in [-0.4, -0.2) is 18.4 Å². The number of esters is 1. The van der Waals surface area contributed by atoms with Crippen molar-refractivity contribution in [1.82, 2.24) is 0 Å². The second-order valence-corrected chi connectivity index (χ2v) is 7.62. The SMILES string of the molecule is CCOC(=O)C(Cc1ccc(F)c(F)c1)C(=O)C1CCC(c2ccccc2)CC1. The lowest BCUT2D eigenvalue weighted by molar-refractivity contribution is -0.152. The van der Waals surface area contributed by atoms with Crippen molar-refractivity contribution >= 4 is 11.8 Å². The minimum absolute atomic E-state index is 0.0213. The fraction of sp³-hybridized carbons (Fsp3) is 0.417. The summed E-state index contributed by atoms with van der Waals surface area (Å²) in [5.41, 5.74) is 1.69. The van der Waals surface area contributed by atoms with Gasteiger partial charge in [-0.15, -0.1) is 0 Å². The zero-order valence-corrected chi connectivity index (χ0v) is 16.6. The largest absolute Gasteiger partial charge is 0.465 e. The standard InChI is InChI=1S/C24H26F2O3/c1-2-29-24(28)20(14-16-8-13-21(25)22(26)15-16)23(27)19-11-9-18(10-12-19)17-6-4-3-5-7-17/h3-8,13,15,18-20H,2,9-12,14H2,1H3. The van der Waals surface area contributed by atoms with Gasteiger partial charge < -0.3 is 4.74 Å². The molecule has 1 unspecified atom stereocenters. The van der Waals surface area contributed by atoms with E-state index < -0.39 is 23.5 Å². The highest BCUT2D eigenvalue weighted by atomic mass is 19.2. The van der Waals surface area contributed by atoms with Crippen LogP contribution in [0.2, 0.25) is 0 Å². The van der Waals surface area contributed by atoms with Crippen LogP contribution in [0.3, 0.4) is 0 Å². The highest BCUT2D eigenvalue weighted by Gasteiger charge is 2.36. The molecule has 2 aromatic carbocycles. The second-order valence-electron chi connectivity index (χ2n) is 7.62. The highest BCUT2D eigenvalue weighted by Crippen LogP contribution is 2.37. The van der Waals surface area contributed by atoms with E-state index in [1.165, 1.54) is 11.6 Å². The van der Waals surface area contributed by atoms with Crippen molar-refractivity contribution in [2.45, 2.75) is 44.9 Å². The van der Waals surface area contributed by atoms with Gasteiger partial charge in [0.1, 0.15) is 5.92 Å². The molecular weight excluding hydrogens is 374 g/mol. The van der Waals surface area contributed by atoms with E-state index in [1.807, 2.05) is 18.2 Å². The zero-order valence-electron chi connectivity index (χ0n) is 16.6. The number of carbonyl (C=O) groups excluding carboxylic acids is 2. The molecule has 5 heteroatoms. The minimum atomic E-state index is -0.988. The van der Waals surface area contributed by atoms with E-state index in [9.17, 15) is 18.4 Å². The van der Waals surface area contributed by atoms with E-state index in [4.69, 9.17) is 4.74 Å². The summed E-state index contributed by atoms with van der Waals surface area (Å²) in [6, 6.07) is 13.7. The van der Waals surface area contributed by atoms with E-state index in [0.29, 0.717) is 24.3 Å². The van der Waals surface area contributed by atoms with Crippen LogP contribution in [0.1, 0.15) is 49.7 Å². The maximum absolute atomic E-state index is 13.6. The molecule has 0 heterocycles. The minimum Gasteiger partial charge on any atom is -0.465 e. The predicted octanol–water partition coefficient (Wildman–Crippen LogP) is 5.23. The van der Waals surface area contributed by atoms with Crippen molar-refractivity contribution in [3.63, 3.8) is 0 Å². The van der Waals surface area contributed by atoms with E-state index in [-0.39, 0.29) is 24.7 Å². The maximum Gasteiger partial charge on any atom is 0.316 e. The zero-order chi connectivity index (χ0) is 20.8. The summed E-state index contributed by atoms with van der Waals surface area (Å²) in [5.74, 6) is -3.46. The maximum atomic E-state index is 13.6. The summed E-state index contributed by atoms with van der Waals surface area (Å²) < 4.78 is 31.9. The van der Waals surface area contributed by atoms with Gasteiger partial charge in [-0.05, 0) is 68.2 Å². The first-order valence-electron chi connectivity index (χ1n) is 10.2. The lowest BCUT2D eigenvalue weighted by atomic mass is 9.74. The van der Waals surface area contributed by atoms with Crippen LogP contribution in [-0.2, 0) is 20.7 Å². The van der Waals surface area contributed by atoms with Crippen molar-refractivity contribution in [2.75, 3.05) is 6.61 Å². The number of hydrogen-bond acceptors (Lipinski definition) is 3. The molecule has 29 heavy (non-hydrogen) atoms. The quantitative estimate of drug-likeness (QED) is 0.472. The number of hydrogen-bond donors (Lipinski definition) is 0. The van der Waals surface area contributed by atoms with Crippen LogP contribution in [0.5, 0.6) is 0 Å². The molecule has 2 aromatic rings. The Morgan fingerprint density at radius 2 is 1.69 bits per heavy atom. The molecule has 3 rings (SSSR count). The summed E-state index contributed by atoms with van der Waals surface area (Å²) >= 11 is 0. The number of benzene rings is 2. The fourth-order valence-corrected chi connectivity index (χ4v) is 4.17. The summed E-state index contributed by atoms with van der Waals surface area (Å²) in [6.07, 6.45) is 3.23. The molecule has 3 nitrogen and oxygen atoms in total. The van der Waals surface area contributed by atoms with Crippen molar-refractivity contribution in [1.29, 1.82) is 0 Å². The van der Waals surface area contributed by atoms with Crippen LogP contribution < -0.4 is 0 Å². The molecule has 1 aliphatic rings. The van der Waals surface area contributed by atoms with Gasteiger partial charge in [0.15, 0.2) is 17.4 Å². The number of carbonyl (C=O) groups is 2. The molecule has 0 aliphatic heterocycles. The molecular formula is C24H26F2O3. The van der Waals surface area contributed by atoms with Gasteiger partial charge in [0.2, 0.25) is 0 Å². The van der Waals surface area contributed by atoms with Gasteiger partial charge >= 0.3 is 5.97 Å². The molecule has 0 radical (unpaired) electrons. The van der Waals surface area contributed by atoms with Gasteiger partial charge in [0.05, 0.1) is 6.61 Å². The van der Waals surface area contributed by atoms with Crippen molar-refractivity contribution in [2.24, 2.45) is 11.8 Å². The molecule has 1 fully saturated rings. The number of rotatable bonds is 7. The van der Waals surface area contributed by atoms with Crippen molar-refractivity contribution in [3.05, 3.63) is 71.3 Å². The Kier molecular flexibility index (Phi) is 7.13. The average Bonchev–Trinajstić information content (AvgIpc) is 2.75. The van der Waals surface area contributed by atoms with E-state index in [0.717, 1.165) is 25.0 Å². The van der Waals surface area contributed by atoms with E-state index in [1.54, 1.807) is 6.92 Å². The molecule has 1 atom stereocenters. The Bertz CT molecular complexity index is 842. The number of ketones is 1. The third kappa shape index (κ3) is 5.28. The molecule has 0 saturated heterocycles. The Hall–Kier alpha value is -2.56. The summed E-state index contributed by atoms with van der Waals surface area (Å²) in [5, 5.41) is 0. The van der Waals surface area contributed by atoms with Crippen LogP contribution >= 0.6 is 0 Å². The molecule has 0 amide bonds. The smallest absolute Gasteiger partial charge is 0.316 e. The topological polar surface area (TPSA) is 43.4 Å². The first-order chi connectivity index (χ1) is 14.0. The monoisotopic (exact) mass is 400 g/mol. The molecule has 0 bridgehead atoms. The van der Waals surface area contributed by atoms with Gasteiger partial charge in [-0.1, -0.05) is 36.4 Å². The Morgan fingerprint density at radius 3 is 2.31 bits per heavy atom. The second kappa shape index (κ2) is 9.77. The van der Waals surface area contributed by atoms with Crippen LogP contribution in [0.15, 0.2) is 48.5 Å². The van der Waals surface area contributed by atoms with Gasteiger partial charge in [-0.25, -0.2) is 8.78 Å². The molecule has 154 valence electrons. The fourth-order valence-electron chi connectivity index (χ4n) is 4.17. The van der Waals surface area contributed by atoms with Crippen LogP contribution in [0, 0.1) is 23.5 Å². The van der Waals surface area contributed by atoms with Crippen LogP contribution in [0.25, 0.3) is 0 Å². The normalized spacial score (nSPS) is 20.1. The van der Waals surface area contributed by atoms with E-state index in [2.05, 4.69) is 12.1 Å². The predicted molar refractivity (Wildman–Crippen MR) is 106 cm³/mol. The third-order valence-electron chi connectivity index (χ3n) is 5.74. The first-order valence-corrected chi connectivity index (χ1v) is 10.2. The van der Waals surface area contributed by atoms with Gasteiger partial charge in [0, 0.05) is 5.92 Å². The summed E-state index contributed by atoms with van der Waals surface area (Å²) in [7, 11) is 0. The number of ether oxygens (including phenoxy) is 1.